The first-order valence-electron chi connectivity index (χ1n) is 6.14. The highest BCUT2D eigenvalue weighted by atomic mass is 16.5. The minimum absolute atomic E-state index is 0.471. The van der Waals surface area contributed by atoms with E-state index in [1.54, 1.807) is 14.0 Å². The van der Waals surface area contributed by atoms with Crippen LogP contribution < -0.4 is 4.74 Å². The van der Waals surface area contributed by atoms with Crippen LogP contribution in [0.25, 0.3) is 11.5 Å². The first-order valence-corrected chi connectivity index (χ1v) is 6.14. The number of methoxy groups -OCH3 is 1. The third kappa shape index (κ3) is 2.37. The molecule has 4 nitrogen and oxygen atoms in total. The summed E-state index contributed by atoms with van der Waals surface area (Å²) in [5.74, 6) is 2.44. The predicted molar refractivity (Wildman–Crippen MR) is 69.7 cm³/mol. The smallest absolute Gasteiger partial charge is 0.247 e. The highest BCUT2D eigenvalue weighted by molar-refractivity contribution is 5.58. The molecule has 4 heteroatoms. The molecule has 1 unspecified atom stereocenters. The first kappa shape index (κ1) is 12.6. The summed E-state index contributed by atoms with van der Waals surface area (Å²) in [6, 6.07) is 6.02. The lowest BCUT2D eigenvalue weighted by Crippen LogP contribution is -1.97. The lowest BCUT2D eigenvalue weighted by atomic mass is 9.96. The Balaban J connectivity index is 2.41. The van der Waals surface area contributed by atoms with Gasteiger partial charge < -0.3 is 9.15 Å². The van der Waals surface area contributed by atoms with E-state index < -0.39 is 0 Å². The Morgan fingerprint density at radius 1 is 1.33 bits per heavy atom. The van der Waals surface area contributed by atoms with E-state index in [0.717, 1.165) is 17.7 Å². The summed E-state index contributed by atoms with van der Waals surface area (Å²) in [5, 5.41) is 7.85. The summed E-state index contributed by atoms with van der Waals surface area (Å²) in [6.45, 7) is 6.13. The van der Waals surface area contributed by atoms with Crippen LogP contribution in [0.15, 0.2) is 22.6 Å². The molecule has 0 amide bonds. The third-order valence-electron chi connectivity index (χ3n) is 3.15. The Hall–Kier alpha value is -1.84. The fraction of sp³-hybridized carbons (Fsp3) is 0.429. The van der Waals surface area contributed by atoms with E-state index in [1.807, 2.05) is 12.1 Å². The standard InChI is InChI=1S/C14H18N2O2/c1-5-9(2)12-7-6-11(8-13(12)17-4)14-16-15-10(3)18-14/h6-9H,5H2,1-4H3. The molecule has 0 fully saturated rings. The first-order chi connectivity index (χ1) is 8.65. The van der Waals surface area contributed by atoms with Crippen LogP contribution in [0.5, 0.6) is 5.75 Å². The summed E-state index contributed by atoms with van der Waals surface area (Å²) in [6.07, 6.45) is 1.08. The number of nitrogens with zero attached hydrogens (tertiary/aromatic N) is 2. The van der Waals surface area contributed by atoms with Crippen molar-refractivity contribution in [1.82, 2.24) is 10.2 Å². The molecular formula is C14H18N2O2. The quantitative estimate of drug-likeness (QED) is 0.827. The maximum atomic E-state index is 5.45. The molecule has 0 aliphatic carbocycles. The molecule has 0 aliphatic heterocycles. The van der Waals surface area contributed by atoms with Crippen LogP contribution in [0, 0.1) is 6.92 Å². The molecule has 96 valence electrons. The van der Waals surface area contributed by atoms with Crippen molar-refractivity contribution >= 4 is 0 Å². The lowest BCUT2D eigenvalue weighted by molar-refractivity contribution is 0.406. The minimum atomic E-state index is 0.471. The van der Waals surface area contributed by atoms with Gasteiger partial charge in [-0.1, -0.05) is 19.9 Å². The maximum absolute atomic E-state index is 5.45. The molecule has 0 spiro atoms. The summed E-state index contributed by atoms with van der Waals surface area (Å²) < 4.78 is 10.9. The van der Waals surface area contributed by atoms with Crippen LogP contribution in [0.4, 0.5) is 0 Å². The second-order valence-corrected chi connectivity index (χ2v) is 4.39. The average Bonchev–Trinajstić information content (AvgIpc) is 2.83. The van der Waals surface area contributed by atoms with Crippen molar-refractivity contribution in [1.29, 1.82) is 0 Å². The molecule has 0 N–H and O–H groups in total. The molecule has 1 aromatic heterocycles. The van der Waals surface area contributed by atoms with Gasteiger partial charge in [0.2, 0.25) is 11.8 Å². The molecular weight excluding hydrogens is 228 g/mol. The minimum Gasteiger partial charge on any atom is -0.496 e. The van der Waals surface area contributed by atoms with Gasteiger partial charge in [0.15, 0.2) is 0 Å². The van der Waals surface area contributed by atoms with Crippen molar-refractivity contribution < 1.29 is 9.15 Å². The van der Waals surface area contributed by atoms with Gasteiger partial charge in [-0.15, -0.1) is 10.2 Å². The van der Waals surface area contributed by atoms with Crippen molar-refractivity contribution in [3.63, 3.8) is 0 Å². The zero-order valence-corrected chi connectivity index (χ0v) is 11.2. The topological polar surface area (TPSA) is 48.2 Å². The lowest BCUT2D eigenvalue weighted by Gasteiger charge is -2.14. The van der Waals surface area contributed by atoms with Crippen LogP contribution >= 0.6 is 0 Å². The van der Waals surface area contributed by atoms with Crippen LogP contribution in [-0.4, -0.2) is 17.3 Å². The summed E-state index contributed by atoms with van der Waals surface area (Å²) in [4.78, 5) is 0. The van der Waals surface area contributed by atoms with Gasteiger partial charge in [0, 0.05) is 12.5 Å². The van der Waals surface area contributed by atoms with Crippen molar-refractivity contribution in [2.45, 2.75) is 33.1 Å². The van der Waals surface area contributed by atoms with Gasteiger partial charge in [0.05, 0.1) is 7.11 Å². The Kier molecular flexibility index (Phi) is 3.65. The number of aryl methyl sites for hydroxylation is 1. The largest absolute Gasteiger partial charge is 0.496 e. The van der Waals surface area contributed by atoms with Crippen LogP contribution in [0.3, 0.4) is 0 Å². The van der Waals surface area contributed by atoms with E-state index in [4.69, 9.17) is 9.15 Å². The maximum Gasteiger partial charge on any atom is 0.247 e. The third-order valence-corrected chi connectivity index (χ3v) is 3.15. The second-order valence-electron chi connectivity index (χ2n) is 4.39. The van der Waals surface area contributed by atoms with Crippen molar-refractivity contribution in [2.24, 2.45) is 0 Å². The molecule has 1 heterocycles. The van der Waals surface area contributed by atoms with Crippen molar-refractivity contribution in [3.05, 3.63) is 29.7 Å². The Labute approximate surface area is 107 Å². The SMILES string of the molecule is CCC(C)c1ccc(-c2nnc(C)o2)cc1OC. The van der Waals surface area contributed by atoms with Gasteiger partial charge in [-0.3, -0.25) is 0 Å². The van der Waals surface area contributed by atoms with E-state index in [9.17, 15) is 0 Å². The highest BCUT2D eigenvalue weighted by Gasteiger charge is 2.13. The fourth-order valence-corrected chi connectivity index (χ4v) is 1.88. The number of aromatic nitrogens is 2. The Morgan fingerprint density at radius 3 is 2.67 bits per heavy atom. The average molecular weight is 246 g/mol. The molecule has 0 radical (unpaired) electrons. The van der Waals surface area contributed by atoms with Gasteiger partial charge in [0.1, 0.15) is 5.75 Å². The highest BCUT2D eigenvalue weighted by Crippen LogP contribution is 2.32. The second kappa shape index (κ2) is 5.21. The molecule has 1 atom stereocenters. The normalized spacial score (nSPS) is 12.4. The Bertz CT molecular complexity index is 534. The molecule has 0 aliphatic rings. The summed E-state index contributed by atoms with van der Waals surface area (Å²) in [7, 11) is 1.68. The van der Waals surface area contributed by atoms with Crippen LogP contribution in [0.2, 0.25) is 0 Å². The number of ether oxygens (including phenoxy) is 1. The number of rotatable bonds is 4. The molecule has 0 saturated carbocycles. The van der Waals surface area contributed by atoms with E-state index in [0.29, 0.717) is 17.7 Å². The van der Waals surface area contributed by atoms with E-state index in [2.05, 4.69) is 30.1 Å². The van der Waals surface area contributed by atoms with E-state index in [1.165, 1.54) is 5.56 Å². The molecule has 2 aromatic rings. The predicted octanol–water partition coefficient (Wildman–Crippen LogP) is 3.57. The number of benzene rings is 1. The molecule has 0 bridgehead atoms. The van der Waals surface area contributed by atoms with Gasteiger partial charge in [-0.05, 0) is 30.0 Å². The molecule has 2 rings (SSSR count). The van der Waals surface area contributed by atoms with E-state index >= 15 is 0 Å². The van der Waals surface area contributed by atoms with Gasteiger partial charge in [0.25, 0.3) is 0 Å². The summed E-state index contributed by atoms with van der Waals surface area (Å²) in [5.41, 5.74) is 2.10. The van der Waals surface area contributed by atoms with Crippen molar-refractivity contribution in [2.75, 3.05) is 7.11 Å². The monoisotopic (exact) mass is 246 g/mol. The van der Waals surface area contributed by atoms with Gasteiger partial charge in [-0.25, -0.2) is 0 Å². The molecule has 1 aromatic carbocycles. The van der Waals surface area contributed by atoms with Gasteiger partial charge >= 0.3 is 0 Å². The zero-order valence-electron chi connectivity index (χ0n) is 11.2. The molecule has 18 heavy (non-hydrogen) atoms. The number of hydrogen-bond acceptors (Lipinski definition) is 4. The van der Waals surface area contributed by atoms with Gasteiger partial charge in [-0.2, -0.15) is 0 Å². The van der Waals surface area contributed by atoms with Crippen molar-refractivity contribution in [3.8, 4) is 17.2 Å². The Morgan fingerprint density at radius 2 is 2.11 bits per heavy atom. The summed E-state index contributed by atoms with van der Waals surface area (Å²) >= 11 is 0. The zero-order chi connectivity index (χ0) is 13.1. The van der Waals surface area contributed by atoms with Crippen LogP contribution in [0.1, 0.15) is 37.6 Å². The van der Waals surface area contributed by atoms with Crippen LogP contribution in [-0.2, 0) is 0 Å². The molecule has 0 saturated heterocycles. The fourth-order valence-electron chi connectivity index (χ4n) is 1.88. The number of hydrogen-bond donors (Lipinski definition) is 0. The van der Waals surface area contributed by atoms with E-state index in [-0.39, 0.29) is 0 Å².